The van der Waals surface area contributed by atoms with Crippen molar-refractivity contribution in [3.05, 3.63) is 53.8 Å². The van der Waals surface area contributed by atoms with Crippen LogP contribution in [0.3, 0.4) is 0 Å². The van der Waals surface area contributed by atoms with Crippen LogP contribution in [-0.4, -0.2) is 22.6 Å². The standard InChI is InChI=1S/C18H23N3O2/c1-13(14-8-6-5-7-9-14)16(22)15(12-19)17(23)21(20)11-10-18(2,3)4/h5-9,22H,1,10-11,20H2,2-4H3/b16-15+. The Balaban J connectivity index is 2.99. The van der Waals surface area contributed by atoms with Crippen molar-refractivity contribution in [2.24, 2.45) is 11.3 Å². The van der Waals surface area contributed by atoms with Crippen LogP contribution in [-0.2, 0) is 4.79 Å². The molecule has 0 radical (unpaired) electrons. The average molecular weight is 313 g/mol. The van der Waals surface area contributed by atoms with Crippen molar-refractivity contribution in [1.82, 2.24) is 5.01 Å². The molecule has 1 aromatic carbocycles. The quantitative estimate of drug-likeness (QED) is 0.166. The van der Waals surface area contributed by atoms with Crippen LogP contribution in [0.25, 0.3) is 5.57 Å². The number of carbonyl (C=O) groups excluding carboxylic acids is 1. The lowest BCUT2D eigenvalue weighted by atomic mass is 9.92. The van der Waals surface area contributed by atoms with E-state index in [1.807, 2.05) is 26.8 Å². The molecule has 0 atom stereocenters. The van der Waals surface area contributed by atoms with Gasteiger partial charge < -0.3 is 5.11 Å². The monoisotopic (exact) mass is 313 g/mol. The third kappa shape index (κ3) is 5.28. The van der Waals surface area contributed by atoms with E-state index in [1.54, 1.807) is 30.3 Å². The van der Waals surface area contributed by atoms with Gasteiger partial charge in [0.1, 0.15) is 11.8 Å². The Morgan fingerprint density at radius 1 is 1.35 bits per heavy atom. The van der Waals surface area contributed by atoms with E-state index in [0.717, 1.165) is 5.01 Å². The summed E-state index contributed by atoms with van der Waals surface area (Å²) in [6.45, 7) is 10.1. The van der Waals surface area contributed by atoms with Crippen molar-refractivity contribution >= 4 is 11.5 Å². The molecule has 1 amide bonds. The van der Waals surface area contributed by atoms with E-state index in [9.17, 15) is 15.2 Å². The highest BCUT2D eigenvalue weighted by atomic mass is 16.3. The predicted molar refractivity (Wildman–Crippen MR) is 90.7 cm³/mol. The first kappa shape index (κ1) is 18.5. The van der Waals surface area contributed by atoms with Crippen LogP contribution in [0.15, 0.2) is 48.2 Å². The number of amides is 1. The molecule has 0 saturated carbocycles. The van der Waals surface area contributed by atoms with Gasteiger partial charge in [0.25, 0.3) is 5.91 Å². The number of aliphatic hydroxyl groups is 1. The summed E-state index contributed by atoms with van der Waals surface area (Å²) >= 11 is 0. The van der Waals surface area contributed by atoms with Gasteiger partial charge in [0.15, 0.2) is 5.57 Å². The van der Waals surface area contributed by atoms with E-state index < -0.39 is 17.2 Å². The van der Waals surface area contributed by atoms with Gasteiger partial charge in [0, 0.05) is 12.1 Å². The first-order chi connectivity index (χ1) is 10.7. The van der Waals surface area contributed by atoms with Gasteiger partial charge in [-0.05, 0) is 17.4 Å². The fraction of sp³-hybridized carbons (Fsp3) is 0.333. The number of benzene rings is 1. The molecule has 3 N–H and O–H groups in total. The maximum absolute atomic E-state index is 12.3. The number of hydrogen-bond donors (Lipinski definition) is 2. The number of carbonyl (C=O) groups is 1. The van der Waals surface area contributed by atoms with Crippen LogP contribution in [0.4, 0.5) is 0 Å². The van der Waals surface area contributed by atoms with Gasteiger partial charge in [-0.15, -0.1) is 0 Å². The van der Waals surface area contributed by atoms with Crippen molar-refractivity contribution in [2.45, 2.75) is 27.2 Å². The maximum atomic E-state index is 12.3. The summed E-state index contributed by atoms with van der Waals surface area (Å²) in [4.78, 5) is 12.3. The van der Waals surface area contributed by atoms with Gasteiger partial charge in [-0.1, -0.05) is 57.7 Å². The number of nitrogens with two attached hydrogens (primary N) is 1. The molecule has 0 aliphatic carbocycles. The van der Waals surface area contributed by atoms with Gasteiger partial charge >= 0.3 is 0 Å². The highest BCUT2D eigenvalue weighted by Gasteiger charge is 2.23. The number of hydrogen-bond acceptors (Lipinski definition) is 4. The SMILES string of the molecule is C=C(/C(O)=C(/C#N)C(=O)N(N)CCC(C)(C)C)c1ccccc1. The van der Waals surface area contributed by atoms with Crippen LogP contribution >= 0.6 is 0 Å². The Hall–Kier alpha value is -2.58. The van der Waals surface area contributed by atoms with Gasteiger partial charge in [0.05, 0.1) is 0 Å². The lowest BCUT2D eigenvalue weighted by Gasteiger charge is -2.23. The Morgan fingerprint density at radius 3 is 2.39 bits per heavy atom. The average Bonchev–Trinajstić information content (AvgIpc) is 2.52. The largest absolute Gasteiger partial charge is 0.506 e. The second kappa shape index (κ2) is 7.61. The van der Waals surface area contributed by atoms with Crippen molar-refractivity contribution in [3.8, 4) is 6.07 Å². The summed E-state index contributed by atoms with van der Waals surface area (Å²) in [5.41, 5.74) is 0.434. The molecule has 23 heavy (non-hydrogen) atoms. The van der Waals surface area contributed by atoms with E-state index in [0.29, 0.717) is 18.5 Å². The Kier molecular flexibility index (Phi) is 6.11. The molecular weight excluding hydrogens is 290 g/mol. The first-order valence-electron chi connectivity index (χ1n) is 7.32. The number of allylic oxidation sites excluding steroid dienone is 1. The molecule has 0 unspecified atom stereocenters. The molecule has 0 aliphatic rings. The second-order valence-corrected chi connectivity index (χ2v) is 6.49. The molecule has 5 heteroatoms. The second-order valence-electron chi connectivity index (χ2n) is 6.49. The molecule has 1 aromatic rings. The molecule has 0 heterocycles. The van der Waals surface area contributed by atoms with Crippen LogP contribution < -0.4 is 5.84 Å². The molecule has 0 bridgehead atoms. The number of hydrazine groups is 1. The lowest BCUT2D eigenvalue weighted by molar-refractivity contribution is -0.127. The molecule has 0 aliphatic heterocycles. The summed E-state index contributed by atoms with van der Waals surface area (Å²) in [6.07, 6.45) is 0.675. The minimum absolute atomic E-state index is 0.00407. The Labute approximate surface area is 137 Å². The maximum Gasteiger partial charge on any atom is 0.282 e. The smallest absolute Gasteiger partial charge is 0.282 e. The van der Waals surface area contributed by atoms with E-state index in [4.69, 9.17) is 5.84 Å². The first-order valence-corrected chi connectivity index (χ1v) is 7.32. The predicted octanol–water partition coefficient (Wildman–Crippen LogP) is 3.17. The van der Waals surface area contributed by atoms with E-state index in [-0.39, 0.29) is 11.0 Å². The molecular formula is C18H23N3O2. The van der Waals surface area contributed by atoms with Crippen molar-refractivity contribution in [3.63, 3.8) is 0 Å². The van der Waals surface area contributed by atoms with Crippen LogP contribution in [0.1, 0.15) is 32.8 Å². The molecule has 0 saturated heterocycles. The minimum atomic E-state index is -0.716. The molecule has 1 rings (SSSR count). The summed E-state index contributed by atoms with van der Waals surface area (Å²) in [7, 11) is 0. The Morgan fingerprint density at radius 2 is 1.91 bits per heavy atom. The third-order valence-electron chi connectivity index (χ3n) is 3.33. The Bertz CT molecular complexity index is 649. The molecule has 5 nitrogen and oxygen atoms in total. The fourth-order valence-electron chi connectivity index (χ4n) is 1.83. The van der Waals surface area contributed by atoms with Crippen molar-refractivity contribution < 1.29 is 9.90 Å². The van der Waals surface area contributed by atoms with Crippen LogP contribution in [0, 0.1) is 16.7 Å². The zero-order valence-corrected chi connectivity index (χ0v) is 13.8. The highest BCUT2D eigenvalue weighted by molar-refractivity contribution is 6.00. The van der Waals surface area contributed by atoms with Gasteiger partial charge in [-0.3, -0.25) is 9.80 Å². The van der Waals surface area contributed by atoms with Crippen LogP contribution in [0.5, 0.6) is 0 Å². The fourth-order valence-corrected chi connectivity index (χ4v) is 1.83. The van der Waals surface area contributed by atoms with Gasteiger partial charge in [-0.2, -0.15) is 5.26 Å². The highest BCUT2D eigenvalue weighted by Crippen LogP contribution is 2.23. The topological polar surface area (TPSA) is 90.3 Å². The van der Waals surface area contributed by atoms with E-state index in [1.165, 1.54) is 0 Å². The molecule has 0 aromatic heterocycles. The molecule has 0 spiro atoms. The summed E-state index contributed by atoms with van der Waals surface area (Å²) < 4.78 is 0. The normalized spacial score (nSPS) is 12.1. The summed E-state index contributed by atoms with van der Waals surface area (Å²) in [5.74, 6) is 4.57. The van der Waals surface area contributed by atoms with Crippen molar-refractivity contribution in [1.29, 1.82) is 5.26 Å². The summed E-state index contributed by atoms with van der Waals surface area (Å²) in [6, 6.07) is 10.6. The number of rotatable bonds is 5. The van der Waals surface area contributed by atoms with Crippen molar-refractivity contribution in [2.75, 3.05) is 6.54 Å². The number of aliphatic hydroxyl groups excluding tert-OH is 1. The molecule has 122 valence electrons. The van der Waals surface area contributed by atoms with E-state index in [2.05, 4.69) is 6.58 Å². The zero-order valence-electron chi connectivity index (χ0n) is 13.8. The molecule has 0 fully saturated rings. The lowest BCUT2D eigenvalue weighted by Crippen LogP contribution is -2.40. The third-order valence-corrected chi connectivity index (χ3v) is 3.33. The van der Waals surface area contributed by atoms with Gasteiger partial charge in [-0.25, -0.2) is 5.84 Å². The van der Waals surface area contributed by atoms with Crippen LogP contribution in [0.2, 0.25) is 0 Å². The van der Waals surface area contributed by atoms with Gasteiger partial charge in [0.2, 0.25) is 0 Å². The number of nitrogens with zero attached hydrogens (tertiary/aromatic N) is 2. The number of nitriles is 1. The van der Waals surface area contributed by atoms with E-state index >= 15 is 0 Å². The summed E-state index contributed by atoms with van der Waals surface area (Å²) in [5, 5.41) is 20.4. The minimum Gasteiger partial charge on any atom is -0.506 e. The zero-order chi connectivity index (χ0) is 17.6.